The van der Waals surface area contributed by atoms with Crippen LogP contribution in [-0.4, -0.2) is 22.9 Å². The van der Waals surface area contributed by atoms with Crippen LogP contribution in [0, 0.1) is 0 Å². The van der Waals surface area contributed by atoms with Crippen LogP contribution in [0.3, 0.4) is 0 Å². The molecule has 0 spiro atoms. The van der Waals surface area contributed by atoms with Gasteiger partial charge in [0.1, 0.15) is 0 Å². The molecule has 0 fully saturated rings. The summed E-state index contributed by atoms with van der Waals surface area (Å²) in [5.41, 5.74) is -0.959. The Kier molecular flexibility index (Phi) is 2.78. The Morgan fingerprint density at radius 2 is 2.46 bits per heavy atom. The monoisotopic (exact) mass is 182 g/mol. The van der Waals surface area contributed by atoms with Crippen molar-refractivity contribution in [2.45, 2.75) is 18.4 Å². The van der Waals surface area contributed by atoms with Crippen LogP contribution in [0.2, 0.25) is 0 Å². The third-order valence-corrected chi connectivity index (χ3v) is 2.02. The molecule has 0 saturated carbocycles. The predicted molar refractivity (Wildman–Crippen MR) is 50.2 cm³/mol. The summed E-state index contributed by atoms with van der Waals surface area (Å²) in [6.07, 6.45) is 5.54. The highest BCUT2D eigenvalue weighted by Crippen LogP contribution is 2.28. The molecule has 0 aromatic heterocycles. The lowest BCUT2D eigenvalue weighted by molar-refractivity contribution is 0.0849. The Hall–Kier alpha value is -1.22. The van der Waals surface area contributed by atoms with Crippen molar-refractivity contribution >= 4 is 0 Å². The van der Waals surface area contributed by atoms with Gasteiger partial charge in [0, 0.05) is 6.42 Å². The van der Waals surface area contributed by atoms with Crippen LogP contribution in [0.25, 0.3) is 0 Å². The van der Waals surface area contributed by atoms with E-state index in [1.165, 1.54) is 13.2 Å². The van der Waals surface area contributed by atoms with Crippen molar-refractivity contribution in [3.8, 4) is 0 Å². The highest BCUT2D eigenvalue weighted by molar-refractivity contribution is 5.29. The first kappa shape index (κ1) is 9.86. The Morgan fingerprint density at radius 1 is 1.77 bits per heavy atom. The van der Waals surface area contributed by atoms with Crippen LogP contribution in [0.4, 0.5) is 0 Å². The molecule has 1 aliphatic rings. The second kappa shape index (κ2) is 3.66. The number of rotatable bonds is 3. The van der Waals surface area contributed by atoms with Gasteiger partial charge in [-0.15, -0.1) is 6.58 Å². The summed E-state index contributed by atoms with van der Waals surface area (Å²) in [5, 5.41) is 19.2. The maximum Gasteiger partial charge on any atom is 0.159 e. The van der Waals surface area contributed by atoms with Crippen molar-refractivity contribution in [3.05, 3.63) is 36.3 Å². The fourth-order valence-electron chi connectivity index (χ4n) is 1.31. The minimum Gasteiger partial charge on any atom is -0.504 e. The smallest absolute Gasteiger partial charge is 0.159 e. The van der Waals surface area contributed by atoms with Crippen LogP contribution in [0.1, 0.15) is 12.8 Å². The predicted octanol–water partition coefficient (Wildman–Crippen LogP) is 1.67. The molecule has 2 N–H and O–H groups in total. The molecular weight excluding hydrogens is 168 g/mol. The second-order valence-electron chi connectivity index (χ2n) is 3.10. The van der Waals surface area contributed by atoms with Gasteiger partial charge in [0.25, 0.3) is 0 Å². The lowest BCUT2D eigenvalue weighted by Gasteiger charge is -2.26. The molecule has 0 radical (unpaired) electrons. The quantitative estimate of drug-likeness (QED) is 0.653. The van der Waals surface area contributed by atoms with Crippen LogP contribution in [-0.2, 0) is 4.74 Å². The van der Waals surface area contributed by atoms with Crippen LogP contribution < -0.4 is 0 Å². The van der Waals surface area contributed by atoms with E-state index in [9.17, 15) is 10.2 Å². The fourth-order valence-corrected chi connectivity index (χ4v) is 1.31. The van der Waals surface area contributed by atoms with Crippen LogP contribution in [0.5, 0.6) is 0 Å². The zero-order chi connectivity index (χ0) is 9.90. The summed E-state index contributed by atoms with van der Waals surface area (Å²) in [4.78, 5) is 0. The number of methoxy groups -OCH3 is 1. The second-order valence-corrected chi connectivity index (χ2v) is 3.10. The lowest BCUT2D eigenvalue weighted by atomic mass is 9.90. The zero-order valence-corrected chi connectivity index (χ0v) is 7.66. The Balaban J connectivity index is 2.86. The van der Waals surface area contributed by atoms with Gasteiger partial charge in [-0.3, -0.25) is 0 Å². The van der Waals surface area contributed by atoms with Gasteiger partial charge in [-0.25, -0.2) is 0 Å². The number of aliphatic hydroxyl groups is 2. The molecular formula is C10H14O3. The van der Waals surface area contributed by atoms with Crippen molar-refractivity contribution in [1.82, 2.24) is 0 Å². The van der Waals surface area contributed by atoms with Gasteiger partial charge in [-0.2, -0.15) is 0 Å². The molecule has 1 unspecified atom stereocenters. The molecule has 3 nitrogen and oxygen atoms in total. The van der Waals surface area contributed by atoms with Crippen molar-refractivity contribution < 1.29 is 14.9 Å². The van der Waals surface area contributed by atoms with Gasteiger partial charge in [-0.05, 0) is 18.6 Å². The molecule has 0 bridgehead atoms. The summed E-state index contributed by atoms with van der Waals surface area (Å²) in [5.74, 6) is 0.395. The summed E-state index contributed by atoms with van der Waals surface area (Å²) in [7, 11) is 1.45. The van der Waals surface area contributed by atoms with E-state index >= 15 is 0 Å². The molecule has 1 aliphatic carbocycles. The van der Waals surface area contributed by atoms with E-state index in [0.29, 0.717) is 18.6 Å². The standard InChI is InChI=1S/C10H14O3/c1-3-5-10(12)6-4-8(11)9(7-10)13-2/h3-4,7,11-12H,1,5-6H2,2H3. The van der Waals surface area contributed by atoms with Gasteiger partial charge in [0.05, 0.1) is 12.7 Å². The Bertz CT molecular complexity index is 265. The third kappa shape index (κ3) is 2.12. The average Bonchev–Trinajstić information content (AvgIpc) is 2.10. The molecule has 0 aliphatic heterocycles. The van der Waals surface area contributed by atoms with Gasteiger partial charge < -0.3 is 14.9 Å². The topological polar surface area (TPSA) is 49.7 Å². The largest absolute Gasteiger partial charge is 0.504 e. The average molecular weight is 182 g/mol. The Morgan fingerprint density at radius 3 is 3.00 bits per heavy atom. The van der Waals surface area contributed by atoms with E-state index in [-0.39, 0.29) is 5.76 Å². The maximum atomic E-state index is 9.91. The molecule has 1 rings (SSSR count). The van der Waals surface area contributed by atoms with Gasteiger partial charge in [0.15, 0.2) is 11.5 Å². The lowest BCUT2D eigenvalue weighted by Crippen LogP contribution is -2.27. The number of aliphatic hydroxyl groups excluding tert-OH is 1. The molecule has 13 heavy (non-hydrogen) atoms. The van der Waals surface area contributed by atoms with E-state index in [1.807, 2.05) is 0 Å². The van der Waals surface area contributed by atoms with Crippen LogP contribution in [0.15, 0.2) is 36.3 Å². The fraction of sp³-hybridized carbons (Fsp3) is 0.400. The zero-order valence-electron chi connectivity index (χ0n) is 7.66. The van der Waals surface area contributed by atoms with E-state index in [0.717, 1.165) is 0 Å². The van der Waals surface area contributed by atoms with Gasteiger partial charge in [0.2, 0.25) is 0 Å². The van der Waals surface area contributed by atoms with Crippen LogP contribution >= 0.6 is 0 Å². The summed E-state index contributed by atoms with van der Waals surface area (Å²) >= 11 is 0. The minimum atomic E-state index is -0.959. The summed E-state index contributed by atoms with van der Waals surface area (Å²) in [6, 6.07) is 0. The molecule has 3 heteroatoms. The number of hydrogen-bond donors (Lipinski definition) is 2. The van der Waals surface area contributed by atoms with E-state index in [2.05, 4.69) is 6.58 Å². The molecule has 1 atom stereocenters. The highest BCUT2D eigenvalue weighted by Gasteiger charge is 2.27. The van der Waals surface area contributed by atoms with Gasteiger partial charge >= 0.3 is 0 Å². The molecule has 0 aromatic rings. The van der Waals surface area contributed by atoms with E-state index in [4.69, 9.17) is 4.74 Å². The molecule has 0 heterocycles. The molecule has 72 valence electrons. The van der Waals surface area contributed by atoms with Crippen molar-refractivity contribution in [1.29, 1.82) is 0 Å². The van der Waals surface area contributed by atoms with E-state index < -0.39 is 5.60 Å². The van der Waals surface area contributed by atoms with Gasteiger partial charge in [-0.1, -0.05) is 6.08 Å². The summed E-state index contributed by atoms with van der Waals surface area (Å²) in [6.45, 7) is 3.56. The molecule has 0 amide bonds. The summed E-state index contributed by atoms with van der Waals surface area (Å²) < 4.78 is 4.89. The number of hydrogen-bond acceptors (Lipinski definition) is 3. The highest BCUT2D eigenvalue weighted by atomic mass is 16.5. The number of ether oxygens (including phenoxy) is 1. The maximum absolute atomic E-state index is 9.91. The molecule has 0 saturated heterocycles. The molecule has 0 aromatic carbocycles. The SMILES string of the molecule is C=CCC1(O)C=C(OC)C(O)=CC1. The third-order valence-electron chi connectivity index (χ3n) is 2.02. The van der Waals surface area contributed by atoms with Crippen molar-refractivity contribution in [3.63, 3.8) is 0 Å². The minimum absolute atomic E-state index is 0.0798. The normalized spacial score (nSPS) is 27.5. The first-order chi connectivity index (χ1) is 6.11. The van der Waals surface area contributed by atoms with Crippen molar-refractivity contribution in [2.24, 2.45) is 0 Å². The van der Waals surface area contributed by atoms with E-state index in [1.54, 1.807) is 12.2 Å². The first-order valence-corrected chi connectivity index (χ1v) is 4.11. The van der Waals surface area contributed by atoms with Crippen molar-refractivity contribution in [2.75, 3.05) is 7.11 Å². The first-order valence-electron chi connectivity index (χ1n) is 4.11. The Labute approximate surface area is 77.7 Å².